The van der Waals surface area contributed by atoms with Crippen molar-refractivity contribution in [2.24, 2.45) is 4.99 Å². The lowest BCUT2D eigenvalue weighted by atomic mass is 10.1. The molecule has 0 aliphatic heterocycles. The minimum atomic E-state index is -3.47. The highest BCUT2D eigenvalue weighted by Gasteiger charge is 2.14. The van der Waals surface area contributed by atoms with Gasteiger partial charge < -0.3 is 10.6 Å². The van der Waals surface area contributed by atoms with Crippen molar-refractivity contribution in [2.45, 2.75) is 24.1 Å². The van der Waals surface area contributed by atoms with Crippen molar-refractivity contribution >= 4 is 27.3 Å². The molecule has 9 heteroatoms. The number of benzene rings is 1. The molecule has 2 aromatic rings. The fraction of sp³-hybridized carbons (Fsp3) is 0.353. The van der Waals surface area contributed by atoms with Crippen molar-refractivity contribution in [1.82, 2.24) is 15.4 Å². The summed E-state index contributed by atoms with van der Waals surface area (Å²) in [7, 11) is -1.85. The van der Waals surface area contributed by atoms with Gasteiger partial charge in [-0.1, -0.05) is 18.2 Å². The lowest BCUT2D eigenvalue weighted by Crippen LogP contribution is -2.42. The highest BCUT2D eigenvalue weighted by molar-refractivity contribution is 7.91. The van der Waals surface area contributed by atoms with Crippen molar-refractivity contribution in [3.8, 4) is 0 Å². The Kier molecular flexibility index (Phi) is 7.13. The van der Waals surface area contributed by atoms with Crippen molar-refractivity contribution in [3.05, 3.63) is 52.7 Å². The third kappa shape index (κ3) is 5.52. The van der Waals surface area contributed by atoms with Crippen LogP contribution in [0.3, 0.4) is 0 Å². The molecule has 0 spiro atoms. The first kappa shape index (κ1) is 20.3. The van der Waals surface area contributed by atoms with E-state index in [0.29, 0.717) is 18.1 Å². The number of hydrogen-bond donors (Lipinski definition) is 3. The standard InChI is InChI=1S/C17H23FN4O2S2/c1-12-6-7-14(11-15(12)18)13(2)22-17(19-3)20-8-9-21-26(23,24)16-5-4-10-25-16/h4-7,10-11,13,21H,8-9H2,1-3H3,(H2,19,20,22). The Bertz CT molecular complexity index is 852. The third-order valence-corrected chi connectivity index (χ3v) is 6.60. The van der Waals surface area contributed by atoms with Gasteiger partial charge >= 0.3 is 0 Å². The molecule has 3 N–H and O–H groups in total. The molecule has 0 fully saturated rings. The van der Waals surface area contributed by atoms with Crippen LogP contribution in [0, 0.1) is 12.7 Å². The van der Waals surface area contributed by atoms with Crippen LogP contribution in [0.4, 0.5) is 4.39 Å². The summed E-state index contributed by atoms with van der Waals surface area (Å²) in [6, 6.07) is 8.19. The zero-order valence-electron chi connectivity index (χ0n) is 14.9. The predicted octanol–water partition coefficient (Wildman–Crippen LogP) is 2.40. The number of hydrogen-bond acceptors (Lipinski definition) is 4. The maximum absolute atomic E-state index is 13.7. The Morgan fingerprint density at radius 2 is 2.08 bits per heavy atom. The van der Waals surface area contributed by atoms with Crippen LogP contribution in [0.15, 0.2) is 44.9 Å². The average Bonchev–Trinajstić information content (AvgIpc) is 3.15. The topological polar surface area (TPSA) is 82.6 Å². The van der Waals surface area contributed by atoms with E-state index in [1.54, 1.807) is 37.6 Å². The van der Waals surface area contributed by atoms with Crippen molar-refractivity contribution in [1.29, 1.82) is 0 Å². The maximum Gasteiger partial charge on any atom is 0.250 e. The summed E-state index contributed by atoms with van der Waals surface area (Å²) < 4.78 is 40.6. The number of aliphatic imine (C=N–C) groups is 1. The molecule has 6 nitrogen and oxygen atoms in total. The number of nitrogens with zero attached hydrogens (tertiary/aromatic N) is 1. The molecule has 0 amide bonds. The van der Waals surface area contributed by atoms with Gasteiger partial charge in [0.2, 0.25) is 10.0 Å². The molecule has 1 aromatic carbocycles. The van der Waals surface area contributed by atoms with Gasteiger partial charge in [-0.05, 0) is 42.5 Å². The first-order chi connectivity index (χ1) is 12.3. The molecule has 0 bridgehead atoms. The van der Waals surface area contributed by atoms with E-state index in [0.717, 1.165) is 5.56 Å². The molecule has 0 radical (unpaired) electrons. The van der Waals surface area contributed by atoms with Gasteiger partial charge in [0.15, 0.2) is 5.96 Å². The largest absolute Gasteiger partial charge is 0.355 e. The molecular weight excluding hydrogens is 375 g/mol. The predicted molar refractivity (Wildman–Crippen MR) is 104 cm³/mol. The summed E-state index contributed by atoms with van der Waals surface area (Å²) in [6.45, 7) is 4.19. The number of halogens is 1. The molecule has 1 unspecified atom stereocenters. The summed E-state index contributed by atoms with van der Waals surface area (Å²) in [4.78, 5) is 4.10. The molecule has 0 aliphatic rings. The Morgan fingerprint density at radius 3 is 2.69 bits per heavy atom. The second kappa shape index (κ2) is 9.11. The molecule has 1 heterocycles. The third-order valence-electron chi connectivity index (χ3n) is 3.74. The summed E-state index contributed by atoms with van der Waals surface area (Å²) in [5.41, 5.74) is 1.40. The maximum atomic E-state index is 13.7. The number of guanidine groups is 1. The van der Waals surface area contributed by atoms with E-state index in [1.165, 1.54) is 17.4 Å². The molecule has 1 atom stereocenters. The molecule has 1 aromatic heterocycles. The fourth-order valence-corrected chi connectivity index (χ4v) is 4.28. The van der Waals surface area contributed by atoms with Crippen LogP contribution < -0.4 is 15.4 Å². The van der Waals surface area contributed by atoms with E-state index in [1.807, 2.05) is 13.0 Å². The Hall–Kier alpha value is -1.97. The van der Waals surface area contributed by atoms with Gasteiger partial charge in [0, 0.05) is 20.1 Å². The number of sulfonamides is 1. The normalized spacial score (nSPS) is 13.5. The van der Waals surface area contributed by atoms with Crippen LogP contribution in [-0.4, -0.2) is 34.5 Å². The zero-order valence-corrected chi connectivity index (χ0v) is 16.5. The Morgan fingerprint density at radius 1 is 1.31 bits per heavy atom. The summed E-state index contributed by atoms with van der Waals surface area (Å²) >= 11 is 1.17. The second-order valence-corrected chi connectivity index (χ2v) is 8.64. The lowest BCUT2D eigenvalue weighted by Gasteiger charge is -2.18. The van der Waals surface area contributed by atoms with Gasteiger partial charge in [-0.15, -0.1) is 11.3 Å². The first-order valence-electron chi connectivity index (χ1n) is 8.10. The summed E-state index contributed by atoms with van der Waals surface area (Å²) in [6.07, 6.45) is 0. The molecular formula is C17H23FN4O2S2. The highest BCUT2D eigenvalue weighted by atomic mass is 32.2. The Balaban J connectivity index is 1.83. The second-order valence-electron chi connectivity index (χ2n) is 5.70. The SMILES string of the molecule is CN=C(NCCNS(=O)(=O)c1cccs1)NC(C)c1ccc(C)c(F)c1. The van der Waals surface area contributed by atoms with Gasteiger partial charge in [0.25, 0.3) is 0 Å². The fourth-order valence-electron chi connectivity index (χ4n) is 2.22. The number of thiophene rings is 1. The van der Waals surface area contributed by atoms with E-state index in [2.05, 4.69) is 20.3 Å². The first-order valence-corrected chi connectivity index (χ1v) is 10.5. The number of aryl methyl sites for hydroxylation is 1. The minimum absolute atomic E-state index is 0.154. The minimum Gasteiger partial charge on any atom is -0.355 e. The van der Waals surface area contributed by atoms with Gasteiger partial charge in [0.1, 0.15) is 10.0 Å². The van der Waals surface area contributed by atoms with Gasteiger partial charge in [-0.3, -0.25) is 4.99 Å². The molecule has 0 aliphatic carbocycles. The van der Waals surface area contributed by atoms with E-state index >= 15 is 0 Å². The molecule has 0 saturated carbocycles. The van der Waals surface area contributed by atoms with E-state index < -0.39 is 10.0 Å². The van der Waals surface area contributed by atoms with Crippen molar-refractivity contribution < 1.29 is 12.8 Å². The van der Waals surface area contributed by atoms with Crippen LogP contribution >= 0.6 is 11.3 Å². The van der Waals surface area contributed by atoms with Gasteiger partial charge in [-0.2, -0.15) is 0 Å². The van der Waals surface area contributed by atoms with Crippen LogP contribution in [0.2, 0.25) is 0 Å². The van der Waals surface area contributed by atoms with Crippen LogP contribution in [0.25, 0.3) is 0 Å². The summed E-state index contributed by atoms with van der Waals surface area (Å²) in [5.74, 6) is 0.260. The van der Waals surface area contributed by atoms with E-state index in [-0.39, 0.29) is 22.6 Å². The molecule has 0 saturated heterocycles. The van der Waals surface area contributed by atoms with Crippen LogP contribution in [0.5, 0.6) is 0 Å². The van der Waals surface area contributed by atoms with Crippen LogP contribution in [-0.2, 0) is 10.0 Å². The van der Waals surface area contributed by atoms with Crippen molar-refractivity contribution in [2.75, 3.05) is 20.1 Å². The van der Waals surface area contributed by atoms with E-state index in [4.69, 9.17) is 0 Å². The quantitative estimate of drug-likeness (QED) is 0.380. The average molecular weight is 399 g/mol. The lowest BCUT2D eigenvalue weighted by molar-refractivity contribution is 0.582. The monoisotopic (exact) mass is 398 g/mol. The van der Waals surface area contributed by atoms with Crippen LogP contribution in [0.1, 0.15) is 24.1 Å². The summed E-state index contributed by atoms with van der Waals surface area (Å²) in [5, 5.41) is 7.90. The molecule has 2 rings (SSSR count). The van der Waals surface area contributed by atoms with Gasteiger partial charge in [-0.25, -0.2) is 17.5 Å². The van der Waals surface area contributed by atoms with E-state index in [9.17, 15) is 12.8 Å². The molecule has 26 heavy (non-hydrogen) atoms. The molecule has 142 valence electrons. The zero-order chi connectivity index (χ0) is 19.2. The highest BCUT2D eigenvalue weighted by Crippen LogP contribution is 2.16. The smallest absolute Gasteiger partial charge is 0.250 e. The van der Waals surface area contributed by atoms with Crippen molar-refractivity contribution in [3.63, 3.8) is 0 Å². The number of rotatable bonds is 7. The number of nitrogens with one attached hydrogen (secondary N) is 3. The van der Waals surface area contributed by atoms with Gasteiger partial charge in [0.05, 0.1) is 6.04 Å². The Labute approximate surface area is 157 Å².